The maximum absolute atomic E-state index is 11.3. The second-order valence-electron chi connectivity index (χ2n) is 4.69. The van der Waals surface area contributed by atoms with Crippen molar-refractivity contribution in [1.82, 2.24) is 0 Å². The molecule has 0 aromatic heterocycles. The van der Waals surface area contributed by atoms with Crippen LogP contribution in [-0.4, -0.2) is 40.1 Å². The number of nitrogens with zero attached hydrogens (tertiary/aromatic N) is 1. The van der Waals surface area contributed by atoms with Gasteiger partial charge in [0, 0.05) is 31.5 Å². The first-order valence-electron chi connectivity index (χ1n) is 5.71. The highest BCUT2D eigenvalue weighted by atomic mass is 32.2. The Kier molecular flexibility index (Phi) is 3.28. The molecule has 4 nitrogen and oxygen atoms in total. The van der Waals surface area contributed by atoms with Crippen molar-refractivity contribution in [2.45, 2.75) is 12.5 Å². The Morgan fingerprint density at radius 3 is 2.35 bits per heavy atom. The van der Waals surface area contributed by atoms with Gasteiger partial charge in [-0.1, -0.05) is 0 Å². The van der Waals surface area contributed by atoms with E-state index in [9.17, 15) is 8.42 Å². The van der Waals surface area contributed by atoms with E-state index in [1.165, 1.54) is 0 Å². The average Bonchev–Trinajstić information content (AvgIpc) is 2.59. The van der Waals surface area contributed by atoms with E-state index in [0.29, 0.717) is 12.2 Å². The van der Waals surface area contributed by atoms with Crippen LogP contribution in [0.15, 0.2) is 24.3 Å². The highest BCUT2D eigenvalue weighted by Crippen LogP contribution is 2.20. The van der Waals surface area contributed by atoms with Crippen molar-refractivity contribution >= 4 is 21.2 Å². The Morgan fingerprint density at radius 1 is 1.24 bits per heavy atom. The SMILES string of the molecule is CN(C)c1ccc(NC2CCS(=O)(=O)C2)cc1. The normalized spacial score (nSPS) is 22.4. The number of hydrogen-bond acceptors (Lipinski definition) is 4. The van der Waals surface area contributed by atoms with Crippen molar-refractivity contribution in [1.29, 1.82) is 0 Å². The molecule has 1 saturated heterocycles. The van der Waals surface area contributed by atoms with E-state index in [4.69, 9.17) is 0 Å². The molecule has 1 atom stereocenters. The minimum absolute atomic E-state index is 0.0604. The van der Waals surface area contributed by atoms with Crippen molar-refractivity contribution in [2.24, 2.45) is 0 Å². The monoisotopic (exact) mass is 254 g/mol. The van der Waals surface area contributed by atoms with Crippen molar-refractivity contribution in [3.05, 3.63) is 24.3 Å². The van der Waals surface area contributed by atoms with Crippen LogP contribution in [0.4, 0.5) is 11.4 Å². The first-order chi connectivity index (χ1) is 7.96. The van der Waals surface area contributed by atoms with Crippen LogP contribution in [0.3, 0.4) is 0 Å². The van der Waals surface area contributed by atoms with E-state index < -0.39 is 9.84 Å². The summed E-state index contributed by atoms with van der Waals surface area (Å²) in [6.07, 6.45) is 0.706. The lowest BCUT2D eigenvalue weighted by molar-refractivity contribution is 0.602. The molecular weight excluding hydrogens is 236 g/mol. The zero-order chi connectivity index (χ0) is 12.5. The van der Waals surface area contributed by atoms with E-state index in [1.54, 1.807) is 0 Å². The van der Waals surface area contributed by atoms with Crippen LogP contribution >= 0.6 is 0 Å². The molecule has 0 radical (unpaired) electrons. The van der Waals surface area contributed by atoms with Gasteiger partial charge in [-0.3, -0.25) is 0 Å². The van der Waals surface area contributed by atoms with Crippen molar-refractivity contribution in [2.75, 3.05) is 35.8 Å². The maximum atomic E-state index is 11.3. The smallest absolute Gasteiger partial charge is 0.152 e. The number of hydrogen-bond donors (Lipinski definition) is 1. The minimum Gasteiger partial charge on any atom is -0.381 e. The van der Waals surface area contributed by atoms with Crippen LogP contribution in [-0.2, 0) is 9.84 Å². The molecule has 0 bridgehead atoms. The lowest BCUT2D eigenvalue weighted by Crippen LogP contribution is -2.20. The maximum Gasteiger partial charge on any atom is 0.152 e. The van der Waals surface area contributed by atoms with Gasteiger partial charge in [0.25, 0.3) is 0 Å². The molecular formula is C12H18N2O2S. The molecule has 1 aromatic carbocycles. The van der Waals surface area contributed by atoms with Gasteiger partial charge >= 0.3 is 0 Å². The molecule has 0 amide bonds. The summed E-state index contributed by atoms with van der Waals surface area (Å²) < 4.78 is 22.7. The molecule has 0 saturated carbocycles. The Balaban J connectivity index is 2.00. The Bertz CT molecular complexity index is 480. The summed E-state index contributed by atoms with van der Waals surface area (Å²) in [5.74, 6) is 0.558. The molecule has 0 spiro atoms. The van der Waals surface area contributed by atoms with Gasteiger partial charge in [-0.15, -0.1) is 0 Å². The van der Waals surface area contributed by atoms with Gasteiger partial charge in [-0.05, 0) is 30.7 Å². The van der Waals surface area contributed by atoms with Crippen LogP contribution in [0.25, 0.3) is 0 Å². The standard InChI is InChI=1S/C12H18N2O2S/c1-14(2)12-5-3-10(4-6-12)13-11-7-8-17(15,16)9-11/h3-6,11,13H,7-9H2,1-2H3. The van der Waals surface area contributed by atoms with E-state index in [-0.39, 0.29) is 11.8 Å². The Hall–Kier alpha value is -1.23. The summed E-state index contributed by atoms with van der Waals surface area (Å²) >= 11 is 0. The van der Waals surface area contributed by atoms with Crippen LogP contribution in [0.5, 0.6) is 0 Å². The fraction of sp³-hybridized carbons (Fsp3) is 0.500. The van der Waals surface area contributed by atoms with E-state index in [0.717, 1.165) is 11.4 Å². The Morgan fingerprint density at radius 2 is 1.88 bits per heavy atom. The number of nitrogens with one attached hydrogen (secondary N) is 1. The minimum atomic E-state index is -2.81. The molecule has 1 N–H and O–H groups in total. The molecule has 1 heterocycles. The zero-order valence-corrected chi connectivity index (χ0v) is 11.0. The number of sulfone groups is 1. The van der Waals surface area contributed by atoms with Crippen molar-refractivity contribution in [3.8, 4) is 0 Å². The quantitative estimate of drug-likeness (QED) is 0.884. The van der Waals surface area contributed by atoms with Crippen LogP contribution in [0.1, 0.15) is 6.42 Å². The predicted octanol–water partition coefficient (Wildman–Crippen LogP) is 1.35. The molecule has 94 valence electrons. The first-order valence-corrected chi connectivity index (χ1v) is 7.53. The molecule has 2 rings (SSSR count). The lowest BCUT2D eigenvalue weighted by Gasteiger charge is -2.15. The van der Waals surface area contributed by atoms with E-state index in [2.05, 4.69) is 5.32 Å². The summed E-state index contributed by atoms with van der Waals surface area (Å²) in [6.45, 7) is 0. The largest absolute Gasteiger partial charge is 0.381 e. The molecule has 1 unspecified atom stereocenters. The fourth-order valence-electron chi connectivity index (χ4n) is 2.00. The first kappa shape index (κ1) is 12.2. The van der Waals surface area contributed by atoms with Crippen molar-refractivity contribution < 1.29 is 8.42 Å². The van der Waals surface area contributed by atoms with Crippen LogP contribution in [0.2, 0.25) is 0 Å². The van der Waals surface area contributed by atoms with Gasteiger partial charge in [-0.2, -0.15) is 0 Å². The lowest BCUT2D eigenvalue weighted by atomic mass is 10.2. The second-order valence-corrected chi connectivity index (χ2v) is 6.91. The number of anilines is 2. The highest BCUT2D eigenvalue weighted by Gasteiger charge is 2.27. The summed E-state index contributed by atoms with van der Waals surface area (Å²) in [6, 6.07) is 8.07. The fourth-order valence-corrected chi connectivity index (χ4v) is 3.67. The van der Waals surface area contributed by atoms with Gasteiger partial charge in [0.1, 0.15) is 0 Å². The van der Waals surface area contributed by atoms with E-state index in [1.807, 2.05) is 43.3 Å². The number of rotatable bonds is 3. The topological polar surface area (TPSA) is 49.4 Å². The molecule has 1 aliphatic heterocycles. The van der Waals surface area contributed by atoms with Crippen LogP contribution < -0.4 is 10.2 Å². The molecule has 5 heteroatoms. The second kappa shape index (κ2) is 4.56. The molecule has 1 aromatic rings. The molecule has 0 aliphatic carbocycles. The summed E-state index contributed by atoms with van der Waals surface area (Å²) in [7, 11) is 1.18. The molecule has 1 aliphatic rings. The predicted molar refractivity (Wildman–Crippen MR) is 71.5 cm³/mol. The van der Waals surface area contributed by atoms with Crippen molar-refractivity contribution in [3.63, 3.8) is 0 Å². The van der Waals surface area contributed by atoms with Gasteiger partial charge < -0.3 is 10.2 Å². The average molecular weight is 254 g/mol. The van der Waals surface area contributed by atoms with Gasteiger partial charge in [-0.25, -0.2) is 8.42 Å². The molecule has 17 heavy (non-hydrogen) atoms. The summed E-state index contributed by atoms with van der Waals surface area (Å²) in [4.78, 5) is 2.03. The zero-order valence-electron chi connectivity index (χ0n) is 10.2. The third-order valence-corrected chi connectivity index (χ3v) is 4.75. The summed E-state index contributed by atoms with van der Waals surface area (Å²) in [5.41, 5.74) is 2.12. The number of benzene rings is 1. The highest BCUT2D eigenvalue weighted by molar-refractivity contribution is 7.91. The van der Waals surface area contributed by atoms with Gasteiger partial charge in [0.2, 0.25) is 0 Å². The third-order valence-electron chi connectivity index (χ3n) is 2.99. The van der Waals surface area contributed by atoms with Crippen LogP contribution in [0, 0.1) is 0 Å². The van der Waals surface area contributed by atoms with Gasteiger partial charge in [0.05, 0.1) is 11.5 Å². The summed E-state index contributed by atoms with van der Waals surface area (Å²) in [5, 5.41) is 3.26. The van der Waals surface area contributed by atoms with E-state index >= 15 is 0 Å². The molecule has 1 fully saturated rings. The Labute approximate surface area is 103 Å². The van der Waals surface area contributed by atoms with Gasteiger partial charge in [0.15, 0.2) is 9.84 Å². The third kappa shape index (κ3) is 3.12.